The Labute approximate surface area is 175 Å². The van der Waals surface area contributed by atoms with Gasteiger partial charge in [0.1, 0.15) is 9.88 Å². The Morgan fingerprint density at radius 3 is 2.55 bits per heavy atom. The zero-order valence-electron chi connectivity index (χ0n) is 17.7. The van der Waals surface area contributed by atoms with Crippen LogP contribution in [0.4, 0.5) is 0 Å². The van der Waals surface area contributed by atoms with Crippen molar-refractivity contribution in [3.05, 3.63) is 32.2 Å². The molecular formula is C21H29N5O2S. The molecule has 2 aromatic rings. The summed E-state index contributed by atoms with van der Waals surface area (Å²) in [5.41, 5.74) is 2.72. The SMILES string of the molecule is Cc1nc(-c2c(C)c(C)nn(C)c2=O)sc1C(=O)N1CCCC1CN1CCCC1. The van der Waals surface area contributed by atoms with Gasteiger partial charge < -0.3 is 9.80 Å². The van der Waals surface area contributed by atoms with Gasteiger partial charge in [-0.1, -0.05) is 0 Å². The monoisotopic (exact) mass is 415 g/mol. The molecule has 1 unspecified atom stereocenters. The highest BCUT2D eigenvalue weighted by atomic mass is 32.1. The van der Waals surface area contributed by atoms with E-state index in [0.717, 1.165) is 50.3 Å². The lowest BCUT2D eigenvalue weighted by molar-refractivity contribution is 0.0712. The molecule has 2 saturated heterocycles. The van der Waals surface area contributed by atoms with E-state index in [-0.39, 0.29) is 17.5 Å². The molecule has 2 fully saturated rings. The van der Waals surface area contributed by atoms with E-state index in [1.807, 2.05) is 25.7 Å². The largest absolute Gasteiger partial charge is 0.334 e. The Morgan fingerprint density at radius 1 is 1.10 bits per heavy atom. The number of aryl methyl sites for hydroxylation is 3. The molecule has 2 aliphatic rings. The fraction of sp³-hybridized carbons (Fsp3) is 0.619. The standard InChI is InChI=1S/C21H29N5O2S/c1-13-14(2)23-24(4)20(27)17(13)19-22-15(3)18(29-19)21(28)26-11-7-8-16(26)12-25-9-5-6-10-25/h16H,5-12H2,1-4H3. The van der Waals surface area contributed by atoms with Gasteiger partial charge in [-0.3, -0.25) is 9.59 Å². The summed E-state index contributed by atoms with van der Waals surface area (Å²) in [4.78, 5) is 35.9. The fourth-order valence-electron chi connectivity index (χ4n) is 4.49. The minimum Gasteiger partial charge on any atom is -0.334 e. The predicted molar refractivity (Wildman–Crippen MR) is 115 cm³/mol. The molecule has 156 valence electrons. The van der Waals surface area contributed by atoms with E-state index < -0.39 is 0 Å². The summed E-state index contributed by atoms with van der Waals surface area (Å²) >= 11 is 1.34. The number of nitrogens with zero attached hydrogens (tertiary/aromatic N) is 5. The topological polar surface area (TPSA) is 71.3 Å². The van der Waals surface area contributed by atoms with Crippen LogP contribution in [0, 0.1) is 20.8 Å². The quantitative estimate of drug-likeness (QED) is 0.767. The smallest absolute Gasteiger partial charge is 0.277 e. The lowest BCUT2D eigenvalue weighted by Gasteiger charge is -2.28. The first-order valence-electron chi connectivity index (χ1n) is 10.4. The van der Waals surface area contributed by atoms with Crippen molar-refractivity contribution >= 4 is 17.2 Å². The van der Waals surface area contributed by atoms with Gasteiger partial charge in [0.15, 0.2) is 0 Å². The van der Waals surface area contributed by atoms with Crippen molar-refractivity contribution in [3.8, 4) is 10.6 Å². The molecule has 8 heteroatoms. The van der Waals surface area contributed by atoms with Crippen molar-refractivity contribution in [3.63, 3.8) is 0 Å². The highest BCUT2D eigenvalue weighted by molar-refractivity contribution is 7.17. The average molecular weight is 416 g/mol. The third kappa shape index (κ3) is 3.75. The number of amides is 1. The Morgan fingerprint density at radius 2 is 1.83 bits per heavy atom. The van der Waals surface area contributed by atoms with Crippen LogP contribution in [-0.2, 0) is 7.05 Å². The summed E-state index contributed by atoms with van der Waals surface area (Å²) in [6.07, 6.45) is 4.64. The van der Waals surface area contributed by atoms with Crippen molar-refractivity contribution in [1.29, 1.82) is 0 Å². The first-order chi connectivity index (χ1) is 13.9. The van der Waals surface area contributed by atoms with Crippen LogP contribution in [-0.4, -0.2) is 62.7 Å². The second-order valence-corrected chi connectivity index (χ2v) is 9.25. The molecular weight excluding hydrogens is 386 g/mol. The van der Waals surface area contributed by atoms with Crippen LogP contribution < -0.4 is 5.56 Å². The maximum absolute atomic E-state index is 13.4. The van der Waals surface area contributed by atoms with Crippen LogP contribution in [0.25, 0.3) is 10.6 Å². The van der Waals surface area contributed by atoms with E-state index in [4.69, 9.17) is 0 Å². The van der Waals surface area contributed by atoms with Crippen LogP contribution in [0.1, 0.15) is 52.3 Å². The summed E-state index contributed by atoms with van der Waals surface area (Å²) in [5, 5.41) is 4.86. The predicted octanol–water partition coefficient (Wildman–Crippen LogP) is 2.53. The Hall–Kier alpha value is -2.06. The van der Waals surface area contributed by atoms with Crippen LogP contribution >= 0.6 is 11.3 Å². The maximum atomic E-state index is 13.4. The second-order valence-electron chi connectivity index (χ2n) is 8.25. The zero-order valence-corrected chi connectivity index (χ0v) is 18.5. The third-order valence-electron chi connectivity index (χ3n) is 6.24. The molecule has 4 rings (SSSR count). The van der Waals surface area contributed by atoms with Crippen molar-refractivity contribution in [2.45, 2.75) is 52.5 Å². The molecule has 0 aliphatic carbocycles. The van der Waals surface area contributed by atoms with Gasteiger partial charge >= 0.3 is 0 Å². The Bertz CT molecular complexity index is 990. The molecule has 0 aromatic carbocycles. The van der Waals surface area contributed by atoms with E-state index in [1.165, 1.54) is 28.9 Å². The molecule has 2 aromatic heterocycles. The van der Waals surface area contributed by atoms with E-state index >= 15 is 0 Å². The lowest BCUT2D eigenvalue weighted by atomic mass is 10.1. The molecule has 7 nitrogen and oxygen atoms in total. The molecule has 1 atom stereocenters. The van der Waals surface area contributed by atoms with E-state index in [9.17, 15) is 9.59 Å². The minimum absolute atomic E-state index is 0.0632. The van der Waals surface area contributed by atoms with Gasteiger partial charge in [-0.05, 0) is 65.1 Å². The number of carbonyl (C=O) groups is 1. The van der Waals surface area contributed by atoms with E-state index in [2.05, 4.69) is 15.0 Å². The Kier molecular flexibility index (Phi) is 5.57. The third-order valence-corrected chi connectivity index (χ3v) is 7.40. The lowest BCUT2D eigenvalue weighted by Crippen LogP contribution is -2.42. The summed E-state index contributed by atoms with van der Waals surface area (Å²) in [5.74, 6) is 0.0632. The van der Waals surface area contributed by atoms with Crippen LogP contribution in [0.3, 0.4) is 0 Å². The summed E-state index contributed by atoms with van der Waals surface area (Å²) < 4.78 is 1.35. The number of hydrogen-bond acceptors (Lipinski definition) is 6. The van der Waals surface area contributed by atoms with Crippen molar-refractivity contribution < 1.29 is 4.79 Å². The molecule has 0 radical (unpaired) electrons. The number of rotatable bonds is 4. The molecule has 0 bridgehead atoms. The normalized spacial score (nSPS) is 20.0. The summed E-state index contributed by atoms with van der Waals surface area (Å²) in [6, 6.07) is 0.281. The van der Waals surface area contributed by atoms with Gasteiger partial charge in [-0.2, -0.15) is 5.10 Å². The van der Waals surface area contributed by atoms with Gasteiger partial charge in [0.2, 0.25) is 0 Å². The van der Waals surface area contributed by atoms with Gasteiger partial charge in [-0.25, -0.2) is 9.67 Å². The summed E-state index contributed by atoms with van der Waals surface area (Å²) in [7, 11) is 1.65. The first-order valence-corrected chi connectivity index (χ1v) is 11.2. The molecule has 2 aliphatic heterocycles. The first kappa shape index (κ1) is 20.2. The second kappa shape index (κ2) is 7.99. The van der Waals surface area contributed by atoms with Crippen LogP contribution in [0.5, 0.6) is 0 Å². The maximum Gasteiger partial charge on any atom is 0.277 e. The highest BCUT2D eigenvalue weighted by Crippen LogP contribution is 2.31. The fourth-order valence-corrected chi connectivity index (χ4v) is 5.61. The van der Waals surface area contributed by atoms with Crippen molar-refractivity contribution in [2.24, 2.45) is 7.05 Å². The van der Waals surface area contributed by atoms with Crippen LogP contribution in [0.15, 0.2) is 4.79 Å². The van der Waals surface area contributed by atoms with Gasteiger partial charge in [0.25, 0.3) is 11.5 Å². The summed E-state index contributed by atoms with van der Waals surface area (Å²) in [6.45, 7) is 9.71. The number of thiazole rings is 1. The Balaban J connectivity index is 1.63. The van der Waals surface area contributed by atoms with Crippen molar-refractivity contribution in [2.75, 3.05) is 26.2 Å². The molecule has 0 saturated carbocycles. The molecule has 29 heavy (non-hydrogen) atoms. The van der Waals surface area contributed by atoms with Gasteiger partial charge in [0.05, 0.1) is 17.0 Å². The average Bonchev–Trinajstić information content (AvgIpc) is 3.42. The number of aromatic nitrogens is 3. The number of carbonyl (C=O) groups excluding carboxylic acids is 1. The molecule has 1 amide bonds. The molecule has 0 N–H and O–H groups in total. The molecule has 0 spiro atoms. The van der Waals surface area contributed by atoms with Crippen LogP contribution in [0.2, 0.25) is 0 Å². The van der Waals surface area contributed by atoms with E-state index in [0.29, 0.717) is 21.1 Å². The van der Waals surface area contributed by atoms with Crippen molar-refractivity contribution in [1.82, 2.24) is 24.6 Å². The molecule has 4 heterocycles. The number of hydrogen-bond donors (Lipinski definition) is 0. The highest BCUT2D eigenvalue weighted by Gasteiger charge is 2.33. The zero-order chi connectivity index (χ0) is 20.7. The number of likely N-dealkylation sites (tertiary alicyclic amines) is 2. The minimum atomic E-state index is -0.172. The van der Waals surface area contributed by atoms with E-state index in [1.54, 1.807) is 7.05 Å². The van der Waals surface area contributed by atoms with Gasteiger partial charge in [-0.15, -0.1) is 11.3 Å². The van der Waals surface area contributed by atoms with Gasteiger partial charge in [0, 0.05) is 26.2 Å².